The van der Waals surface area contributed by atoms with Gasteiger partial charge in [0.05, 0.1) is 19.8 Å². The van der Waals surface area contributed by atoms with Gasteiger partial charge in [0, 0.05) is 11.1 Å². The van der Waals surface area contributed by atoms with E-state index in [-0.39, 0.29) is 12.5 Å². The lowest BCUT2D eigenvalue weighted by Crippen LogP contribution is -2.31. The summed E-state index contributed by atoms with van der Waals surface area (Å²) in [6.07, 6.45) is 0. The van der Waals surface area contributed by atoms with Crippen LogP contribution in [0.3, 0.4) is 0 Å². The number of carbonyl (C=O) groups excluding carboxylic acids is 1. The Hall–Kier alpha value is -2.90. The molecule has 3 aromatic rings. The lowest BCUT2D eigenvalue weighted by molar-refractivity contribution is 0.0912. The molecule has 1 amide bonds. The lowest BCUT2D eigenvalue weighted by atomic mass is 10.1. The minimum absolute atomic E-state index is 0.184. The van der Waals surface area contributed by atoms with Gasteiger partial charge in [-0.15, -0.1) is 11.3 Å². The summed E-state index contributed by atoms with van der Waals surface area (Å²) in [6, 6.07) is 16.3. The van der Waals surface area contributed by atoms with E-state index in [4.69, 9.17) is 4.74 Å². The molecule has 1 atom stereocenters. The highest BCUT2D eigenvalue weighted by Crippen LogP contribution is 2.23. The van der Waals surface area contributed by atoms with Gasteiger partial charge in [0.2, 0.25) is 0 Å². The van der Waals surface area contributed by atoms with Gasteiger partial charge in [-0.3, -0.25) is 4.79 Å². The van der Waals surface area contributed by atoms with Crippen molar-refractivity contribution < 1.29 is 14.6 Å². The first kappa shape index (κ1) is 17.9. The molecule has 1 aromatic heterocycles. The molecule has 0 fully saturated rings. The Labute approximate surface area is 155 Å². The lowest BCUT2D eigenvalue weighted by Gasteiger charge is -2.15. The maximum atomic E-state index is 12.4. The van der Waals surface area contributed by atoms with Gasteiger partial charge in [0.25, 0.3) is 5.91 Å². The molecule has 3 rings (SSSR count). The smallest absolute Gasteiger partial charge is 0.271 e. The van der Waals surface area contributed by atoms with E-state index < -0.39 is 6.04 Å². The number of nitrogens with one attached hydrogen (secondary N) is 2. The van der Waals surface area contributed by atoms with Gasteiger partial charge < -0.3 is 20.5 Å². The molecule has 0 aliphatic carbocycles. The minimum atomic E-state index is -0.469. The number of aliphatic hydroxyl groups excluding tert-OH is 1. The average Bonchev–Trinajstić information content (AvgIpc) is 3.16. The zero-order chi connectivity index (χ0) is 18.4. The maximum Gasteiger partial charge on any atom is 0.271 e. The molecule has 3 N–H and O–H groups in total. The molecule has 0 bridgehead atoms. The third-order valence-corrected chi connectivity index (χ3v) is 4.53. The number of carbonyl (C=O) groups is 1. The van der Waals surface area contributed by atoms with Crippen molar-refractivity contribution in [2.45, 2.75) is 6.04 Å². The van der Waals surface area contributed by atoms with E-state index in [0.717, 1.165) is 17.0 Å². The topological polar surface area (TPSA) is 83.5 Å². The van der Waals surface area contributed by atoms with Crippen molar-refractivity contribution in [3.05, 3.63) is 71.2 Å². The van der Waals surface area contributed by atoms with E-state index in [2.05, 4.69) is 15.6 Å². The SMILES string of the molecule is COc1ccc(Nc2nc(C(=O)N[C@H](CO)c3ccccc3)cs2)cc1. The second kappa shape index (κ2) is 8.46. The van der Waals surface area contributed by atoms with Crippen molar-refractivity contribution in [1.29, 1.82) is 0 Å². The summed E-state index contributed by atoms with van der Waals surface area (Å²) in [6.45, 7) is -0.184. The Kier molecular flexibility index (Phi) is 5.83. The number of aromatic nitrogens is 1. The third-order valence-electron chi connectivity index (χ3n) is 3.77. The standard InChI is InChI=1S/C19H19N3O3S/c1-25-15-9-7-14(8-10-15)20-19-22-17(12-26-19)18(24)21-16(11-23)13-5-3-2-4-6-13/h2-10,12,16,23H,11H2,1H3,(H,20,22)(H,21,24)/t16-/m1/s1. The van der Waals surface area contributed by atoms with Crippen LogP contribution < -0.4 is 15.4 Å². The molecule has 0 aliphatic heterocycles. The third kappa shape index (κ3) is 4.38. The highest BCUT2D eigenvalue weighted by atomic mass is 32.1. The zero-order valence-electron chi connectivity index (χ0n) is 14.2. The second-order valence-electron chi connectivity index (χ2n) is 5.51. The molecule has 26 heavy (non-hydrogen) atoms. The van der Waals surface area contributed by atoms with Gasteiger partial charge in [0.1, 0.15) is 11.4 Å². The molecule has 2 aromatic carbocycles. The van der Waals surface area contributed by atoms with Gasteiger partial charge in [-0.2, -0.15) is 0 Å². The monoisotopic (exact) mass is 369 g/mol. The molecular formula is C19H19N3O3S. The average molecular weight is 369 g/mol. The number of rotatable bonds is 7. The molecule has 0 saturated carbocycles. The van der Waals surface area contributed by atoms with E-state index in [1.165, 1.54) is 11.3 Å². The van der Waals surface area contributed by atoms with Gasteiger partial charge >= 0.3 is 0 Å². The number of hydrogen-bond donors (Lipinski definition) is 3. The summed E-state index contributed by atoms with van der Waals surface area (Å²) in [4.78, 5) is 16.7. The normalized spacial score (nSPS) is 11.6. The fourth-order valence-electron chi connectivity index (χ4n) is 2.39. The molecule has 0 saturated heterocycles. The van der Waals surface area contributed by atoms with Crippen molar-refractivity contribution in [3.63, 3.8) is 0 Å². The van der Waals surface area contributed by atoms with Crippen molar-refractivity contribution in [3.8, 4) is 5.75 Å². The molecule has 134 valence electrons. The summed E-state index contributed by atoms with van der Waals surface area (Å²) < 4.78 is 5.12. The fraction of sp³-hybridized carbons (Fsp3) is 0.158. The van der Waals surface area contributed by atoms with Crippen LogP contribution in [-0.4, -0.2) is 29.7 Å². The van der Waals surface area contributed by atoms with Crippen molar-refractivity contribution in [2.75, 3.05) is 19.0 Å². The summed E-state index contributed by atoms with van der Waals surface area (Å²) in [7, 11) is 1.61. The van der Waals surface area contributed by atoms with E-state index in [1.54, 1.807) is 12.5 Å². The second-order valence-corrected chi connectivity index (χ2v) is 6.37. The number of aliphatic hydroxyl groups is 1. The molecule has 7 heteroatoms. The molecule has 0 aliphatic rings. The molecule has 0 spiro atoms. The van der Waals surface area contributed by atoms with Crippen molar-refractivity contribution >= 4 is 28.1 Å². The number of methoxy groups -OCH3 is 1. The van der Waals surface area contributed by atoms with Crippen LogP contribution in [0, 0.1) is 0 Å². The Morgan fingerprint density at radius 3 is 2.58 bits per heavy atom. The van der Waals surface area contributed by atoms with E-state index in [1.807, 2.05) is 54.6 Å². The zero-order valence-corrected chi connectivity index (χ0v) is 15.0. The molecule has 6 nitrogen and oxygen atoms in total. The number of anilines is 2. The summed E-state index contributed by atoms with van der Waals surface area (Å²) in [5.74, 6) is 0.442. The summed E-state index contributed by atoms with van der Waals surface area (Å²) in [5.41, 5.74) is 2.00. The number of ether oxygens (including phenoxy) is 1. The summed E-state index contributed by atoms with van der Waals surface area (Å²) in [5, 5.41) is 17.8. The minimum Gasteiger partial charge on any atom is -0.497 e. The van der Waals surface area contributed by atoms with Crippen molar-refractivity contribution in [2.24, 2.45) is 0 Å². The maximum absolute atomic E-state index is 12.4. The Morgan fingerprint density at radius 1 is 1.19 bits per heavy atom. The van der Waals surface area contributed by atoms with Gasteiger partial charge in [0.15, 0.2) is 5.13 Å². The van der Waals surface area contributed by atoms with Crippen LogP contribution in [0.4, 0.5) is 10.8 Å². The predicted octanol–water partition coefficient (Wildman–Crippen LogP) is 3.36. The summed E-state index contributed by atoms with van der Waals surface area (Å²) >= 11 is 1.34. The quantitative estimate of drug-likeness (QED) is 0.595. The Morgan fingerprint density at radius 2 is 1.92 bits per heavy atom. The van der Waals surface area contributed by atoms with Crippen LogP contribution in [0.2, 0.25) is 0 Å². The first-order valence-corrected chi connectivity index (χ1v) is 8.91. The van der Waals surface area contributed by atoms with E-state index in [0.29, 0.717) is 10.8 Å². The predicted molar refractivity (Wildman–Crippen MR) is 102 cm³/mol. The van der Waals surface area contributed by atoms with Gasteiger partial charge in [-0.05, 0) is 29.8 Å². The first-order valence-electron chi connectivity index (χ1n) is 8.03. The van der Waals surface area contributed by atoms with Crippen LogP contribution >= 0.6 is 11.3 Å². The molecular weight excluding hydrogens is 350 g/mol. The number of amides is 1. The van der Waals surface area contributed by atoms with E-state index in [9.17, 15) is 9.90 Å². The molecule has 0 unspecified atom stereocenters. The first-order chi connectivity index (χ1) is 12.7. The van der Waals surface area contributed by atoms with Gasteiger partial charge in [-0.25, -0.2) is 4.98 Å². The molecule has 1 heterocycles. The number of benzene rings is 2. The molecule has 0 radical (unpaired) electrons. The van der Waals surface area contributed by atoms with Crippen LogP contribution in [0.25, 0.3) is 0 Å². The number of hydrogen-bond acceptors (Lipinski definition) is 6. The highest BCUT2D eigenvalue weighted by molar-refractivity contribution is 7.14. The number of thiazole rings is 1. The number of nitrogens with zero attached hydrogens (tertiary/aromatic N) is 1. The fourth-order valence-corrected chi connectivity index (χ4v) is 3.10. The Balaban J connectivity index is 1.65. The largest absolute Gasteiger partial charge is 0.497 e. The van der Waals surface area contributed by atoms with Gasteiger partial charge in [-0.1, -0.05) is 30.3 Å². The van der Waals surface area contributed by atoms with Crippen LogP contribution in [0.15, 0.2) is 60.0 Å². The highest BCUT2D eigenvalue weighted by Gasteiger charge is 2.17. The van der Waals surface area contributed by atoms with Crippen LogP contribution in [0.1, 0.15) is 22.1 Å². The van der Waals surface area contributed by atoms with Crippen LogP contribution in [-0.2, 0) is 0 Å². The van der Waals surface area contributed by atoms with Crippen molar-refractivity contribution in [1.82, 2.24) is 10.3 Å². The van der Waals surface area contributed by atoms with E-state index >= 15 is 0 Å². The van der Waals surface area contributed by atoms with Crippen LogP contribution in [0.5, 0.6) is 5.75 Å². The Bertz CT molecular complexity index is 850.